The van der Waals surface area contributed by atoms with Crippen molar-refractivity contribution in [2.75, 3.05) is 51.4 Å². The number of benzene rings is 2. The zero-order valence-corrected chi connectivity index (χ0v) is 17.3. The van der Waals surface area contributed by atoms with Crippen LogP contribution in [0, 0.1) is 0 Å². The lowest BCUT2D eigenvalue weighted by atomic mass is 9.82. The molecule has 0 bridgehead atoms. The van der Waals surface area contributed by atoms with Gasteiger partial charge < -0.3 is 24.0 Å². The van der Waals surface area contributed by atoms with Crippen molar-refractivity contribution < 1.29 is 19.0 Å². The number of anilines is 1. The molecule has 0 unspecified atom stereocenters. The van der Waals surface area contributed by atoms with Crippen molar-refractivity contribution in [2.45, 2.75) is 19.3 Å². The van der Waals surface area contributed by atoms with E-state index < -0.39 is 5.41 Å². The van der Waals surface area contributed by atoms with Crippen molar-refractivity contribution in [3.8, 4) is 17.2 Å². The highest BCUT2D eigenvalue weighted by Crippen LogP contribution is 2.36. The Bertz CT molecular complexity index is 888. The first kappa shape index (κ1) is 19.4. The molecule has 2 heterocycles. The molecule has 2 aromatic carbocycles. The van der Waals surface area contributed by atoms with Gasteiger partial charge in [-0.2, -0.15) is 0 Å². The van der Waals surface area contributed by atoms with Gasteiger partial charge >= 0.3 is 0 Å². The van der Waals surface area contributed by atoms with Gasteiger partial charge in [0.15, 0.2) is 11.5 Å². The van der Waals surface area contributed by atoms with Crippen molar-refractivity contribution in [2.24, 2.45) is 0 Å². The molecule has 0 aliphatic carbocycles. The SMILES string of the molecule is COc1ccccc1N1CCN(C(=O)C(C)(C)c2ccc3c(c2)OCCO3)CC1. The lowest BCUT2D eigenvalue weighted by Crippen LogP contribution is -2.53. The highest BCUT2D eigenvalue weighted by atomic mass is 16.6. The predicted octanol–water partition coefficient (Wildman–Crippen LogP) is 3.09. The Balaban J connectivity index is 1.46. The third kappa shape index (κ3) is 3.71. The number of carbonyl (C=O) groups is 1. The Kier molecular flexibility index (Phi) is 5.26. The molecular weight excluding hydrogens is 368 g/mol. The van der Waals surface area contributed by atoms with E-state index in [2.05, 4.69) is 11.0 Å². The molecule has 0 atom stereocenters. The van der Waals surface area contributed by atoms with Crippen molar-refractivity contribution in [3.63, 3.8) is 0 Å². The van der Waals surface area contributed by atoms with Gasteiger partial charge in [-0.05, 0) is 43.7 Å². The van der Waals surface area contributed by atoms with Crippen LogP contribution in [0.15, 0.2) is 42.5 Å². The second kappa shape index (κ2) is 7.85. The number of hydrogen-bond donors (Lipinski definition) is 0. The number of carbonyl (C=O) groups excluding carboxylic acids is 1. The van der Waals surface area contributed by atoms with Gasteiger partial charge in [0.25, 0.3) is 0 Å². The topological polar surface area (TPSA) is 51.2 Å². The predicted molar refractivity (Wildman–Crippen MR) is 112 cm³/mol. The first-order valence-electron chi connectivity index (χ1n) is 10.1. The van der Waals surface area contributed by atoms with Crippen LogP contribution in [0.2, 0.25) is 0 Å². The summed E-state index contributed by atoms with van der Waals surface area (Å²) in [7, 11) is 1.69. The van der Waals surface area contributed by atoms with Gasteiger partial charge in [-0.25, -0.2) is 0 Å². The van der Waals surface area contributed by atoms with E-state index in [0.717, 1.165) is 41.6 Å². The van der Waals surface area contributed by atoms with Gasteiger partial charge in [0.2, 0.25) is 5.91 Å². The first-order valence-corrected chi connectivity index (χ1v) is 10.1. The Morgan fingerprint density at radius 1 is 0.966 bits per heavy atom. The molecular formula is C23H28N2O4. The lowest BCUT2D eigenvalue weighted by molar-refractivity contribution is -0.136. The van der Waals surface area contributed by atoms with Gasteiger partial charge in [-0.3, -0.25) is 4.79 Å². The number of rotatable bonds is 4. The molecule has 0 saturated carbocycles. The van der Waals surface area contributed by atoms with Crippen LogP contribution in [-0.2, 0) is 10.2 Å². The van der Waals surface area contributed by atoms with Crippen LogP contribution in [-0.4, -0.2) is 57.3 Å². The van der Waals surface area contributed by atoms with Crippen molar-refractivity contribution >= 4 is 11.6 Å². The average Bonchev–Trinajstić information content (AvgIpc) is 2.78. The molecule has 4 rings (SSSR count). The Morgan fingerprint density at radius 2 is 1.66 bits per heavy atom. The smallest absolute Gasteiger partial charge is 0.232 e. The van der Waals surface area contributed by atoms with E-state index in [1.807, 2.05) is 55.1 Å². The van der Waals surface area contributed by atoms with E-state index in [9.17, 15) is 4.79 Å². The van der Waals surface area contributed by atoms with E-state index in [1.165, 1.54) is 0 Å². The van der Waals surface area contributed by atoms with Gasteiger partial charge in [0, 0.05) is 26.2 Å². The monoisotopic (exact) mass is 396 g/mol. The zero-order valence-electron chi connectivity index (χ0n) is 17.3. The fourth-order valence-corrected chi connectivity index (χ4v) is 3.99. The molecule has 154 valence electrons. The maximum absolute atomic E-state index is 13.4. The minimum atomic E-state index is -0.636. The number of ether oxygens (including phenoxy) is 3. The van der Waals surface area contributed by atoms with Crippen LogP contribution in [0.5, 0.6) is 17.2 Å². The number of amides is 1. The molecule has 6 nitrogen and oxygen atoms in total. The summed E-state index contributed by atoms with van der Waals surface area (Å²) in [5, 5.41) is 0. The normalized spacial score (nSPS) is 16.5. The standard InChI is InChI=1S/C23H28N2O4/c1-23(2,17-8-9-20-21(16-17)29-15-14-28-20)22(26)25-12-10-24(11-13-25)18-6-4-5-7-19(18)27-3/h4-9,16H,10-15H2,1-3H3. The minimum Gasteiger partial charge on any atom is -0.495 e. The molecule has 2 aliphatic heterocycles. The summed E-state index contributed by atoms with van der Waals surface area (Å²) in [6, 6.07) is 13.8. The molecule has 0 N–H and O–H groups in total. The third-order valence-electron chi connectivity index (χ3n) is 5.79. The second-order valence-electron chi connectivity index (χ2n) is 7.93. The van der Waals surface area contributed by atoms with Gasteiger partial charge in [-0.1, -0.05) is 18.2 Å². The zero-order chi connectivity index (χ0) is 20.4. The Hall–Kier alpha value is -2.89. The molecule has 6 heteroatoms. The number of para-hydroxylation sites is 2. The molecule has 2 aliphatic rings. The summed E-state index contributed by atoms with van der Waals surface area (Å²) in [5.41, 5.74) is 1.38. The number of hydrogen-bond acceptors (Lipinski definition) is 5. The van der Waals surface area contributed by atoms with Gasteiger partial charge in [0.1, 0.15) is 19.0 Å². The fourth-order valence-electron chi connectivity index (χ4n) is 3.99. The summed E-state index contributed by atoms with van der Waals surface area (Å²) in [4.78, 5) is 17.6. The van der Waals surface area contributed by atoms with Crippen LogP contribution < -0.4 is 19.1 Å². The molecule has 29 heavy (non-hydrogen) atoms. The summed E-state index contributed by atoms with van der Waals surface area (Å²) in [5.74, 6) is 2.46. The van der Waals surface area contributed by atoms with Crippen LogP contribution >= 0.6 is 0 Å². The molecule has 1 fully saturated rings. The van der Waals surface area contributed by atoms with E-state index in [1.54, 1.807) is 7.11 Å². The maximum Gasteiger partial charge on any atom is 0.232 e. The maximum atomic E-state index is 13.4. The molecule has 2 aromatic rings. The number of fused-ring (bicyclic) bond motifs is 1. The fraction of sp³-hybridized carbons (Fsp3) is 0.435. The quantitative estimate of drug-likeness (QED) is 0.795. The third-order valence-corrected chi connectivity index (χ3v) is 5.79. The Morgan fingerprint density at radius 3 is 2.38 bits per heavy atom. The lowest BCUT2D eigenvalue weighted by Gasteiger charge is -2.40. The van der Waals surface area contributed by atoms with Gasteiger partial charge in [0.05, 0.1) is 18.2 Å². The van der Waals surface area contributed by atoms with Crippen LogP contribution in [0.1, 0.15) is 19.4 Å². The highest BCUT2D eigenvalue weighted by Gasteiger charge is 2.36. The number of nitrogens with zero attached hydrogens (tertiary/aromatic N) is 2. The number of piperazine rings is 1. The van der Waals surface area contributed by atoms with E-state index in [-0.39, 0.29) is 5.91 Å². The van der Waals surface area contributed by atoms with Gasteiger partial charge in [-0.15, -0.1) is 0 Å². The summed E-state index contributed by atoms with van der Waals surface area (Å²) in [6.45, 7) is 7.99. The summed E-state index contributed by atoms with van der Waals surface area (Å²) >= 11 is 0. The molecule has 0 radical (unpaired) electrons. The minimum absolute atomic E-state index is 0.133. The van der Waals surface area contributed by atoms with Crippen molar-refractivity contribution in [3.05, 3.63) is 48.0 Å². The van der Waals surface area contributed by atoms with E-state index in [4.69, 9.17) is 14.2 Å². The van der Waals surface area contributed by atoms with E-state index >= 15 is 0 Å². The Labute approximate surface area is 172 Å². The highest BCUT2D eigenvalue weighted by molar-refractivity contribution is 5.88. The molecule has 1 saturated heterocycles. The second-order valence-corrected chi connectivity index (χ2v) is 7.93. The molecule has 0 aromatic heterocycles. The van der Waals surface area contributed by atoms with Crippen molar-refractivity contribution in [1.29, 1.82) is 0 Å². The number of methoxy groups -OCH3 is 1. The van der Waals surface area contributed by atoms with E-state index in [0.29, 0.717) is 26.3 Å². The summed E-state index contributed by atoms with van der Waals surface area (Å²) < 4.78 is 16.8. The van der Waals surface area contributed by atoms with Crippen molar-refractivity contribution in [1.82, 2.24) is 4.90 Å². The molecule has 0 spiro atoms. The summed E-state index contributed by atoms with van der Waals surface area (Å²) in [6.07, 6.45) is 0. The average molecular weight is 396 g/mol. The first-order chi connectivity index (χ1) is 14.0. The van der Waals surface area contributed by atoms with Crippen LogP contribution in [0.3, 0.4) is 0 Å². The largest absolute Gasteiger partial charge is 0.495 e. The van der Waals surface area contributed by atoms with Crippen LogP contribution in [0.4, 0.5) is 5.69 Å². The molecule has 1 amide bonds. The van der Waals surface area contributed by atoms with Crippen LogP contribution in [0.25, 0.3) is 0 Å².